The number of allylic oxidation sites excluding steroid dienone is 4. The van der Waals surface area contributed by atoms with Crippen molar-refractivity contribution in [1.82, 2.24) is 0 Å². The van der Waals surface area contributed by atoms with Gasteiger partial charge in [0.05, 0.1) is 0 Å². The lowest BCUT2D eigenvalue weighted by molar-refractivity contribution is -2.00. The van der Waals surface area contributed by atoms with Gasteiger partial charge in [-0.05, 0) is 13.3 Å². The molecule has 1 rings (SSSR count). The molecule has 0 aliphatic heterocycles. The van der Waals surface area contributed by atoms with E-state index in [2.05, 4.69) is 12.2 Å². The molecule has 0 radical (unpaired) electrons. The van der Waals surface area contributed by atoms with Crippen LogP contribution in [0.4, 0.5) is 0 Å². The highest BCUT2D eigenvalue weighted by Gasteiger charge is 2.01. The van der Waals surface area contributed by atoms with Crippen molar-refractivity contribution in [2.75, 3.05) is 0 Å². The zero-order valence-corrected chi connectivity index (χ0v) is 7.78. The predicted molar refractivity (Wildman–Crippen MR) is 34.4 cm³/mol. The molecule has 13 heavy (non-hydrogen) atoms. The number of hydrogen-bond acceptors (Lipinski definition) is 4. The first-order valence-corrected chi connectivity index (χ1v) is 4.62. The standard InChI is InChI=1S/C7H9N.ClHO4/c1-6-4-2-3-5-7(6)8;2-1(3,4)5/h3-5,8H,2H2,1H3;(H,2,3,4,5). The van der Waals surface area contributed by atoms with Crippen LogP contribution in [-0.4, -0.2) is 5.71 Å². The summed E-state index contributed by atoms with van der Waals surface area (Å²) in [6, 6.07) is 0. The van der Waals surface area contributed by atoms with Crippen molar-refractivity contribution in [2.45, 2.75) is 13.3 Å². The van der Waals surface area contributed by atoms with Crippen LogP contribution in [0.25, 0.3) is 0 Å². The van der Waals surface area contributed by atoms with Gasteiger partial charge >= 0.3 is 0 Å². The van der Waals surface area contributed by atoms with E-state index >= 15 is 0 Å². The van der Waals surface area contributed by atoms with Crippen LogP contribution in [0.3, 0.4) is 0 Å². The lowest BCUT2D eigenvalue weighted by Gasteiger charge is -2.17. The minimum atomic E-state index is -4.94. The lowest BCUT2D eigenvalue weighted by atomic mass is 10.1. The van der Waals surface area contributed by atoms with Crippen LogP contribution in [0, 0.1) is 10.2 Å². The third-order valence-corrected chi connectivity index (χ3v) is 1.31. The SMILES string of the molecule is CC1=CCC=CC1=[NH2+].[O-][Cl+3]([O-])([O-])[O-]. The molecule has 0 spiro atoms. The Morgan fingerprint density at radius 1 is 1.31 bits per heavy atom. The molecule has 0 saturated carbocycles. The van der Waals surface area contributed by atoms with Gasteiger partial charge in [-0.2, -0.15) is 0 Å². The van der Waals surface area contributed by atoms with Gasteiger partial charge in [0.15, 0.2) is 5.71 Å². The average molecular weight is 208 g/mol. The molecule has 0 amide bonds. The van der Waals surface area contributed by atoms with E-state index in [4.69, 9.17) is 24.0 Å². The first-order valence-electron chi connectivity index (χ1n) is 3.38. The summed E-state index contributed by atoms with van der Waals surface area (Å²) in [7, 11) is -4.94. The normalized spacial score (nSPS) is 16.1. The van der Waals surface area contributed by atoms with E-state index in [1.165, 1.54) is 5.57 Å². The van der Waals surface area contributed by atoms with Crippen molar-refractivity contribution in [3.63, 3.8) is 0 Å². The zero-order valence-electron chi connectivity index (χ0n) is 7.03. The van der Waals surface area contributed by atoms with Crippen molar-refractivity contribution in [2.24, 2.45) is 0 Å². The van der Waals surface area contributed by atoms with Gasteiger partial charge in [0.25, 0.3) is 0 Å². The maximum atomic E-state index is 8.49. The van der Waals surface area contributed by atoms with E-state index in [9.17, 15) is 0 Å². The summed E-state index contributed by atoms with van der Waals surface area (Å²) in [5.41, 5.74) is 2.10. The molecule has 0 aromatic rings. The highest BCUT2D eigenvalue weighted by molar-refractivity contribution is 6.04. The molecule has 0 bridgehead atoms. The first kappa shape index (κ1) is 12.3. The largest absolute Gasteiger partial charge is 0.254 e. The lowest BCUT2D eigenvalue weighted by Crippen LogP contribution is -2.68. The fourth-order valence-corrected chi connectivity index (χ4v) is 0.689. The highest BCUT2D eigenvalue weighted by atomic mass is 35.7. The Kier molecular flexibility index (Phi) is 4.82. The molecule has 5 nitrogen and oxygen atoms in total. The minimum absolute atomic E-state index is 0.899. The van der Waals surface area contributed by atoms with Gasteiger partial charge in [0.2, 0.25) is 0 Å². The molecule has 0 fully saturated rings. The molecule has 0 aromatic heterocycles. The molecule has 2 N–H and O–H groups in total. The van der Waals surface area contributed by atoms with E-state index in [1.807, 2.05) is 13.0 Å². The third-order valence-electron chi connectivity index (χ3n) is 1.31. The summed E-state index contributed by atoms with van der Waals surface area (Å²) in [6.45, 7) is 2.03. The van der Waals surface area contributed by atoms with Gasteiger partial charge < -0.3 is 0 Å². The third kappa shape index (κ3) is 9.19. The second-order valence-electron chi connectivity index (χ2n) is 2.36. The molecule has 0 heterocycles. The summed E-state index contributed by atoms with van der Waals surface area (Å²) >= 11 is 0. The molecule has 1 aliphatic rings. The van der Waals surface area contributed by atoms with Crippen LogP contribution in [-0.2, 0) is 0 Å². The van der Waals surface area contributed by atoms with Crippen LogP contribution in [0.5, 0.6) is 0 Å². The molecule has 0 saturated heterocycles. The van der Waals surface area contributed by atoms with Gasteiger partial charge in [-0.15, -0.1) is 10.2 Å². The maximum absolute atomic E-state index is 8.49. The maximum Gasteiger partial charge on any atom is 0.198 e. The second kappa shape index (κ2) is 5.11. The van der Waals surface area contributed by atoms with Crippen LogP contribution in [0.1, 0.15) is 13.3 Å². The van der Waals surface area contributed by atoms with Crippen LogP contribution in [0.15, 0.2) is 23.8 Å². The molecule has 0 unspecified atom stereocenters. The fraction of sp³-hybridized carbons (Fsp3) is 0.286. The van der Waals surface area contributed by atoms with Crippen LogP contribution < -0.4 is 24.0 Å². The van der Waals surface area contributed by atoms with Crippen LogP contribution >= 0.6 is 0 Å². The monoisotopic (exact) mass is 207 g/mol. The molecular formula is C7H10ClNO4. The quantitative estimate of drug-likeness (QED) is 0.430. The number of halogens is 1. The number of rotatable bonds is 0. The molecule has 6 heteroatoms. The van der Waals surface area contributed by atoms with Crippen molar-refractivity contribution < 1.29 is 34.3 Å². The van der Waals surface area contributed by atoms with Crippen molar-refractivity contribution in [3.8, 4) is 0 Å². The van der Waals surface area contributed by atoms with E-state index in [1.54, 1.807) is 0 Å². The Hall–Kier alpha value is -0.720. The van der Waals surface area contributed by atoms with Crippen molar-refractivity contribution in [1.29, 1.82) is 0 Å². The summed E-state index contributed by atoms with van der Waals surface area (Å²) in [6.07, 6.45) is 7.17. The summed E-state index contributed by atoms with van der Waals surface area (Å²) < 4.78 is 34.0. The van der Waals surface area contributed by atoms with Gasteiger partial charge in [-0.3, -0.25) is 5.41 Å². The summed E-state index contributed by atoms with van der Waals surface area (Å²) in [5, 5.41) is 5.54. The minimum Gasteiger partial charge on any atom is -0.254 e. The van der Waals surface area contributed by atoms with Crippen molar-refractivity contribution >= 4 is 5.71 Å². The topological polar surface area (TPSA) is 118 Å². The van der Waals surface area contributed by atoms with E-state index in [0.29, 0.717) is 0 Å². The van der Waals surface area contributed by atoms with Gasteiger partial charge in [0.1, 0.15) is 0 Å². The molecular weight excluding hydrogens is 198 g/mol. The van der Waals surface area contributed by atoms with Gasteiger partial charge in [-0.1, -0.05) is 12.2 Å². The molecule has 1 aliphatic carbocycles. The van der Waals surface area contributed by atoms with E-state index < -0.39 is 10.2 Å². The van der Waals surface area contributed by atoms with Crippen LogP contribution in [0.2, 0.25) is 0 Å². The van der Waals surface area contributed by atoms with E-state index in [0.717, 1.165) is 12.1 Å². The first-order chi connectivity index (χ1) is 5.80. The summed E-state index contributed by atoms with van der Waals surface area (Å²) in [5.74, 6) is 0. The Morgan fingerprint density at radius 3 is 2.00 bits per heavy atom. The zero-order chi connectivity index (χ0) is 10.5. The Labute approximate surface area is 77.9 Å². The highest BCUT2D eigenvalue weighted by Crippen LogP contribution is 2.02. The Bertz CT molecular complexity index is 235. The van der Waals surface area contributed by atoms with Gasteiger partial charge in [0, 0.05) is 11.6 Å². The molecule has 0 aromatic carbocycles. The van der Waals surface area contributed by atoms with Gasteiger partial charge in [-0.25, -0.2) is 18.6 Å². The smallest absolute Gasteiger partial charge is 0.198 e. The summed E-state index contributed by atoms with van der Waals surface area (Å²) in [4.78, 5) is 0. The Balaban J connectivity index is 0.000000252. The predicted octanol–water partition coefficient (Wildman–Crippen LogP) is -4.66. The fourth-order valence-electron chi connectivity index (χ4n) is 0.689. The average Bonchev–Trinajstić information content (AvgIpc) is 1.92. The molecule has 0 atom stereocenters. The number of nitrogens with two attached hydrogens (primary N) is 1. The second-order valence-corrected chi connectivity index (χ2v) is 3.11. The number of hydrogen-bond donors (Lipinski definition) is 1. The van der Waals surface area contributed by atoms with Crippen molar-refractivity contribution in [3.05, 3.63) is 23.8 Å². The van der Waals surface area contributed by atoms with E-state index in [-0.39, 0.29) is 0 Å². The Morgan fingerprint density at radius 2 is 1.77 bits per heavy atom. The molecule has 74 valence electrons.